The second-order valence-electron chi connectivity index (χ2n) is 8.35. The van der Waals surface area contributed by atoms with Crippen molar-refractivity contribution in [3.8, 4) is 11.4 Å². The lowest BCUT2D eigenvalue weighted by Gasteiger charge is -2.20. The van der Waals surface area contributed by atoms with Gasteiger partial charge in [0.25, 0.3) is 5.91 Å². The number of anilines is 1. The van der Waals surface area contributed by atoms with Crippen LogP contribution in [0.5, 0.6) is 0 Å². The summed E-state index contributed by atoms with van der Waals surface area (Å²) in [6.45, 7) is 7.87. The molecule has 0 aliphatic rings. The van der Waals surface area contributed by atoms with Gasteiger partial charge in [-0.05, 0) is 47.2 Å². The molecule has 1 amide bonds. The summed E-state index contributed by atoms with van der Waals surface area (Å²) >= 11 is 0. The molecule has 0 fully saturated rings. The van der Waals surface area contributed by atoms with Crippen LogP contribution in [0.25, 0.3) is 11.4 Å². The first-order valence-corrected chi connectivity index (χ1v) is 10.9. The SMILES string of the molecule is CC(C)c1cccc(C(C)C)c1NC(=O)COC(=O)CCc1nc(-c2ccc(F)cc2)no1. The predicted octanol–water partition coefficient (Wildman–Crippen LogP) is 5.24. The maximum Gasteiger partial charge on any atom is 0.306 e. The fourth-order valence-electron chi connectivity index (χ4n) is 3.37. The smallest absolute Gasteiger partial charge is 0.306 e. The van der Waals surface area contributed by atoms with E-state index in [1.165, 1.54) is 12.1 Å². The minimum Gasteiger partial charge on any atom is -0.456 e. The van der Waals surface area contributed by atoms with E-state index in [0.29, 0.717) is 11.4 Å². The van der Waals surface area contributed by atoms with Gasteiger partial charge in [0.05, 0.1) is 6.42 Å². The Bertz CT molecular complexity index is 1080. The number of amides is 1. The van der Waals surface area contributed by atoms with E-state index in [-0.39, 0.29) is 43.0 Å². The van der Waals surface area contributed by atoms with Gasteiger partial charge in [-0.3, -0.25) is 9.59 Å². The molecule has 2 aromatic carbocycles. The van der Waals surface area contributed by atoms with Crippen molar-refractivity contribution >= 4 is 17.6 Å². The van der Waals surface area contributed by atoms with Crippen molar-refractivity contribution in [1.29, 1.82) is 0 Å². The number of aromatic nitrogens is 2. The Kier molecular flexibility index (Phi) is 7.92. The molecule has 1 aromatic heterocycles. The second kappa shape index (κ2) is 10.8. The van der Waals surface area contributed by atoms with E-state index < -0.39 is 11.9 Å². The molecule has 0 unspecified atom stereocenters. The van der Waals surface area contributed by atoms with Crippen LogP contribution >= 0.6 is 0 Å². The molecule has 0 bridgehead atoms. The fourth-order valence-corrected chi connectivity index (χ4v) is 3.37. The zero-order valence-corrected chi connectivity index (χ0v) is 19.2. The summed E-state index contributed by atoms with van der Waals surface area (Å²) < 4.78 is 23.3. The Morgan fingerprint density at radius 3 is 2.27 bits per heavy atom. The minimum atomic E-state index is -0.548. The number of carbonyl (C=O) groups is 2. The van der Waals surface area contributed by atoms with Crippen LogP contribution in [0.15, 0.2) is 47.0 Å². The number of esters is 1. The lowest BCUT2D eigenvalue weighted by molar-refractivity contribution is -0.147. The van der Waals surface area contributed by atoms with Gasteiger partial charge in [0.2, 0.25) is 11.7 Å². The number of para-hydroxylation sites is 1. The van der Waals surface area contributed by atoms with E-state index in [2.05, 4.69) is 43.2 Å². The van der Waals surface area contributed by atoms with E-state index in [0.717, 1.165) is 16.8 Å². The van der Waals surface area contributed by atoms with Crippen molar-refractivity contribution in [2.24, 2.45) is 0 Å². The average molecular weight is 454 g/mol. The summed E-state index contributed by atoms with van der Waals surface area (Å²) in [5.41, 5.74) is 3.46. The molecule has 0 saturated carbocycles. The minimum absolute atomic E-state index is 0.0157. The first kappa shape index (κ1) is 24.1. The lowest BCUT2D eigenvalue weighted by Crippen LogP contribution is -2.22. The number of aryl methyl sites for hydroxylation is 1. The van der Waals surface area contributed by atoms with Gasteiger partial charge in [0, 0.05) is 17.7 Å². The number of ether oxygens (including phenoxy) is 1. The third-order valence-electron chi connectivity index (χ3n) is 5.12. The highest BCUT2D eigenvalue weighted by Gasteiger charge is 2.17. The Balaban J connectivity index is 1.52. The Morgan fingerprint density at radius 2 is 1.67 bits per heavy atom. The number of nitrogens with one attached hydrogen (secondary N) is 1. The highest BCUT2D eigenvalue weighted by molar-refractivity contribution is 5.94. The van der Waals surface area contributed by atoms with Crippen molar-refractivity contribution in [1.82, 2.24) is 10.1 Å². The van der Waals surface area contributed by atoms with Crippen LogP contribution in [0.2, 0.25) is 0 Å². The van der Waals surface area contributed by atoms with E-state index in [9.17, 15) is 14.0 Å². The molecule has 0 saturated heterocycles. The molecule has 0 radical (unpaired) electrons. The number of benzene rings is 2. The highest BCUT2D eigenvalue weighted by atomic mass is 19.1. The van der Waals surface area contributed by atoms with Gasteiger partial charge in [-0.15, -0.1) is 0 Å². The van der Waals surface area contributed by atoms with Gasteiger partial charge in [-0.1, -0.05) is 51.1 Å². The van der Waals surface area contributed by atoms with Crippen molar-refractivity contribution < 1.29 is 23.2 Å². The maximum atomic E-state index is 13.0. The molecule has 1 N–H and O–H groups in total. The van der Waals surface area contributed by atoms with Crippen LogP contribution in [0.4, 0.5) is 10.1 Å². The zero-order chi connectivity index (χ0) is 24.0. The second-order valence-corrected chi connectivity index (χ2v) is 8.35. The monoisotopic (exact) mass is 453 g/mol. The molecule has 3 rings (SSSR count). The lowest BCUT2D eigenvalue weighted by atomic mass is 9.92. The third-order valence-corrected chi connectivity index (χ3v) is 5.12. The summed E-state index contributed by atoms with van der Waals surface area (Å²) in [5, 5.41) is 6.75. The first-order valence-electron chi connectivity index (χ1n) is 10.9. The van der Waals surface area contributed by atoms with Crippen LogP contribution in [0.1, 0.15) is 63.0 Å². The van der Waals surface area contributed by atoms with Crippen LogP contribution in [-0.4, -0.2) is 28.6 Å². The number of nitrogens with zero attached hydrogens (tertiary/aromatic N) is 2. The summed E-state index contributed by atoms with van der Waals surface area (Å²) in [4.78, 5) is 28.8. The number of hydrogen-bond donors (Lipinski definition) is 1. The quantitative estimate of drug-likeness (QED) is 0.446. The standard InChI is InChI=1S/C25H28FN3O4/c1-15(2)19-6-5-7-20(16(3)4)24(19)27-21(30)14-32-23(31)13-12-22-28-25(29-33-22)17-8-10-18(26)11-9-17/h5-11,15-16H,12-14H2,1-4H3,(H,27,30). The van der Waals surface area contributed by atoms with Crippen molar-refractivity contribution in [2.75, 3.05) is 11.9 Å². The molecule has 0 atom stereocenters. The first-order chi connectivity index (χ1) is 15.7. The molecule has 33 heavy (non-hydrogen) atoms. The number of hydrogen-bond acceptors (Lipinski definition) is 6. The van der Waals surface area contributed by atoms with Crippen LogP contribution in [-0.2, 0) is 20.7 Å². The maximum absolute atomic E-state index is 13.0. The van der Waals surface area contributed by atoms with E-state index in [4.69, 9.17) is 9.26 Å². The Labute approximate surface area is 192 Å². The van der Waals surface area contributed by atoms with E-state index >= 15 is 0 Å². The van der Waals surface area contributed by atoms with Crippen LogP contribution < -0.4 is 5.32 Å². The number of carbonyl (C=O) groups excluding carboxylic acids is 2. The predicted molar refractivity (Wildman–Crippen MR) is 122 cm³/mol. The van der Waals surface area contributed by atoms with Crippen molar-refractivity contribution in [3.63, 3.8) is 0 Å². The van der Waals surface area contributed by atoms with Crippen molar-refractivity contribution in [3.05, 3.63) is 65.3 Å². The van der Waals surface area contributed by atoms with E-state index in [1.54, 1.807) is 12.1 Å². The molecule has 0 aliphatic heterocycles. The van der Waals surface area contributed by atoms with Gasteiger partial charge in [0.15, 0.2) is 6.61 Å². The van der Waals surface area contributed by atoms with Crippen molar-refractivity contribution in [2.45, 2.75) is 52.4 Å². The Morgan fingerprint density at radius 1 is 1.03 bits per heavy atom. The topological polar surface area (TPSA) is 94.3 Å². The highest BCUT2D eigenvalue weighted by Crippen LogP contribution is 2.32. The molecule has 0 aliphatic carbocycles. The summed E-state index contributed by atoms with van der Waals surface area (Å²) in [5.74, 6) is -0.276. The molecule has 174 valence electrons. The zero-order valence-electron chi connectivity index (χ0n) is 19.2. The fraction of sp³-hybridized carbons (Fsp3) is 0.360. The molecule has 1 heterocycles. The van der Waals surface area contributed by atoms with Gasteiger partial charge in [-0.2, -0.15) is 4.98 Å². The summed E-state index contributed by atoms with van der Waals surface area (Å²) in [7, 11) is 0. The molecule has 8 heteroatoms. The molecule has 7 nitrogen and oxygen atoms in total. The molecule has 0 spiro atoms. The van der Waals surface area contributed by atoms with Crippen LogP contribution in [0.3, 0.4) is 0 Å². The number of halogens is 1. The van der Waals surface area contributed by atoms with Gasteiger partial charge in [-0.25, -0.2) is 4.39 Å². The Hall–Kier alpha value is -3.55. The summed E-state index contributed by atoms with van der Waals surface area (Å²) in [6, 6.07) is 11.7. The van der Waals surface area contributed by atoms with E-state index in [1.807, 2.05) is 18.2 Å². The number of rotatable bonds is 9. The average Bonchev–Trinajstić information content (AvgIpc) is 3.25. The van der Waals surface area contributed by atoms with Gasteiger partial charge in [0.1, 0.15) is 5.82 Å². The summed E-state index contributed by atoms with van der Waals surface area (Å²) in [6.07, 6.45) is 0.153. The van der Waals surface area contributed by atoms with Gasteiger partial charge < -0.3 is 14.6 Å². The molecular weight excluding hydrogens is 425 g/mol. The van der Waals surface area contributed by atoms with Crippen LogP contribution in [0, 0.1) is 5.82 Å². The molecule has 3 aromatic rings. The normalized spacial score (nSPS) is 11.1. The third kappa shape index (κ3) is 6.47. The van der Waals surface area contributed by atoms with Gasteiger partial charge >= 0.3 is 5.97 Å². The molecular formula is C25H28FN3O4. The largest absolute Gasteiger partial charge is 0.456 e.